The number of nitrogens with zero attached hydrogens (tertiary/aromatic N) is 6. The quantitative estimate of drug-likeness (QED) is 0.423. The highest BCUT2D eigenvalue weighted by atomic mass is 16.1. The van der Waals surface area contributed by atoms with Crippen LogP contribution >= 0.6 is 0 Å². The van der Waals surface area contributed by atoms with E-state index < -0.39 is 0 Å². The maximum atomic E-state index is 12.4. The number of carbonyl (C=O) groups is 1. The fourth-order valence-corrected chi connectivity index (χ4v) is 3.62. The van der Waals surface area contributed by atoms with E-state index in [1.165, 1.54) is 12.3 Å². The molecule has 0 bridgehead atoms. The number of aromatic nitrogens is 5. The smallest absolute Gasteiger partial charge is 0.251 e. The maximum Gasteiger partial charge on any atom is 0.251 e. The Bertz CT molecular complexity index is 1550. The molecule has 0 radical (unpaired) electrons. The van der Waals surface area contributed by atoms with Gasteiger partial charge in [0, 0.05) is 36.4 Å². The molecule has 1 aromatic carbocycles. The third-order valence-electron chi connectivity index (χ3n) is 5.28. The summed E-state index contributed by atoms with van der Waals surface area (Å²) in [6.45, 7) is 0.328. The van der Waals surface area contributed by atoms with Gasteiger partial charge in [-0.05, 0) is 54.1 Å². The van der Waals surface area contributed by atoms with Crippen LogP contribution in [-0.2, 0) is 6.54 Å². The fraction of sp³-hybridized carbons (Fsp3) is 0.0400. The van der Waals surface area contributed by atoms with Crippen molar-refractivity contribution in [2.45, 2.75) is 6.54 Å². The predicted octanol–water partition coefficient (Wildman–Crippen LogP) is 3.26. The highest BCUT2D eigenvalue weighted by Crippen LogP contribution is 2.30. The van der Waals surface area contributed by atoms with E-state index in [4.69, 9.17) is 16.0 Å². The zero-order valence-corrected chi connectivity index (χ0v) is 17.9. The highest BCUT2D eigenvalue weighted by molar-refractivity contribution is 5.94. The van der Waals surface area contributed by atoms with Crippen LogP contribution in [-0.4, -0.2) is 30.4 Å². The Morgan fingerprint density at radius 3 is 2.59 bits per heavy atom. The first-order chi connectivity index (χ1) is 16.6. The molecule has 0 unspecified atom stereocenters. The molecule has 4 heterocycles. The van der Waals surface area contributed by atoms with Crippen molar-refractivity contribution in [2.75, 3.05) is 5.73 Å². The molecular formula is C25H18N8O. The molecule has 34 heavy (non-hydrogen) atoms. The van der Waals surface area contributed by atoms with Gasteiger partial charge in [0.1, 0.15) is 23.1 Å². The number of nitriles is 1. The lowest BCUT2D eigenvalue weighted by Crippen LogP contribution is -2.22. The summed E-state index contributed by atoms with van der Waals surface area (Å²) in [6, 6.07) is 20.1. The number of benzene rings is 1. The number of carbonyl (C=O) groups excluding carboxylic acids is 1. The van der Waals surface area contributed by atoms with E-state index in [2.05, 4.69) is 20.3 Å². The molecule has 0 fully saturated rings. The summed E-state index contributed by atoms with van der Waals surface area (Å²) in [5, 5.41) is 11.8. The molecule has 3 N–H and O–H groups in total. The summed E-state index contributed by atoms with van der Waals surface area (Å²) < 4.78 is 1.94. The molecule has 0 spiro atoms. The Balaban J connectivity index is 1.43. The number of nitrogens with two attached hydrogens (primary N) is 1. The molecule has 5 rings (SSSR count). The number of rotatable bonds is 5. The molecule has 0 atom stereocenters. The van der Waals surface area contributed by atoms with Crippen molar-refractivity contribution in [1.82, 2.24) is 29.8 Å². The van der Waals surface area contributed by atoms with Gasteiger partial charge in [-0.2, -0.15) is 5.26 Å². The second kappa shape index (κ2) is 8.80. The average molecular weight is 446 g/mol. The maximum absolute atomic E-state index is 12.4. The van der Waals surface area contributed by atoms with Crippen LogP contribution in [0, 0.1) is 11.3 Å². The topological polar surface area (TPSA) is 135 Å². The van der Waals surface area contributed by atoms with Crippen molar-refractivity contribution in [1.29, 1.82) is 5.26 Å². The third kappa shape index (κ3) is 3.91. The van der Waals surface area contributed by atoms with Gasteiger partial charge in [-0.1, -0.05) is 12.1 Å². The first-order valence-corrected chi connectivity index (χ1v) is 10.4. The zero-order chi connectivity index (χ0) is 23.5. The van der Waals surface area contributed by atoms with Crippen LogP contribution in [0.25, 0.3) is 28.2 Å². The first-order valence-electron chi connectivity index (χ1n) is 10.4. The van der Waals surface area contributed by atoms with Gasteiger partial charge in [0.25, 0.3) is 5.91 Å². The van der Waals surface area contributed by atoms with Gasteiger partial charge in [-0.25, -0.2) is 19.9 Å². The van der Waals surface area contributed by atoms with E-state index in [1.54, 1.807) is 18.5 Å². The highest BCUT2D eigenvalue weighted by Gasteiger charge is 2.17. The second-order valence-corrected chi connectivity index (χ2v) is 7.44. The molecule has 0 aliphatic heterocycles. The van der Waals surface area contributed by atoms with Crippen LogP contribution in [0.1, 0.15) is 21.6 Å². The standard InChI is InChI=1S/C25H18N8O/c26-14-18-13-17(9-12-28-18)25(34)31-15-16-5-7-19(8-6-16)33-23(20-3-1-10-29-22(20)27)32-21-4-2-11-30-24(21)33/h1-13H,15H2,(H2,27,29)(H,31,34). The minimum Gasteiger partial charge on any atom is -0.383 e. The number of nitrogens with one attached hydrogen (secondary N) is 1. The van der Waals surface area contributed by atoms with Crippen LogP contribution in [0.3, 0.4) is 0 Å². The van der Waals surface area contributed by atoms with Gasteiger partial charge >= 0.3 is 0 Å². The summed E-state index contributed by atoms with van der Waals surface area (Å²) in [5.41, 5.74) is 10.6. The van der Waals surface area contributed by atoms with E-state index in [9.17, 15) is 4.79 Å². The molecule has 9 heteroatoms. The fourth-order valence-electron chi connectivity index (χ4n) is 3.62. The van der Waals surface area contributed by atoms with Crippen molar-refractivity contribution in [2.24, 2.45) is 0 Å². The molecular weight excluding hydrogens is 428 g/mol. The summed E-state index contributed by atoms with van der Waals surface area (Å²) in [4.78, 5) is 29.8. The van der Waals surface area contributed by atoms with Crippen molar-refractivity contribution in [3.63, 3.8) is 0 Å². The number of hydrogen-bond donors (Lipinski definition) is 2. The Morgan fingerprint density at radius 2 is 1.79 bits per heavy atom. The molecule has 1 amide bonds. The summed E-state index contributed by atoms with van der Waals surface area (Å²) >= 11 is 0. The number of amides is 1. The van der Waals surface area contributed by atoms with Gasteiger partial charge in [-0.3, -0.25) is 9.36 Å². The van der Waals surface area contributed by atoms with E-state index in [1.807, 2.05) is 59.2 Å². The molecule has 0 aliphatic rings. The van der Waals surface area contributed by atoms with Gasteiger partial charge in [0.2, 0.25) is 0 Å². The Hall–Kier alpha value is -5.10. The van der Waals surface area contributed by atoms with Gasteiger partial charge in [-0.15, -0.1) is 0 Å². The second-order valence-electron chi connectivity index (χ2n) is 7.44. The lowest BCUT2D eigenvalue weighted by atomic mass is 10.1. The Morgan fingerprint density at radius 1 is 1.00 bits per heavy atom. The van der Waals surface area contributed by atoms with Gasteiger partial charge < -0.3 is 11.1 Å². The zero-order valence-electron chi connectivity index (χ0n) is 17.9. The minimum atomic E-state index is -0.276. The average Bonchev–Trinajstić information content (AvgIpc) is 3.27. The van der Waals surface area contributed by atoms with E-state index in [0.717, 1.165) is 16.8 Å². The number of hydrogen-bond acceptors (Lipinski definition) is 7. The van der Waals surface area contributed by atoms with Crippen LogP contribution in [0.15, 0.2) is 79.3 Å². The summed E-state index contributed by atoms with van der Waals surface area (Å²) in [7, 11) is 0. The SMILES string of the molecule is N#Cc1cc(C(=O)NCc2ccc(-n3c(-c4cccnc4N)nc4cccnc43)cc2)ccn1. The van der Waals surface area contributed by atoms with E-state index in [-0.39, 0.29) is 11.6 Å². The van der Waals surface area contributed by atoms with Crippen LogP contribution in [0.5, 0.6) is 0 Å². The molecule has 0 saturated carbocycles. The third-order valence-corrected chi connectivity index (χ3v) is 5.28. The predicted molar refractivity (Wildman–Crippen MR) is 127 cm³/mol. The van der Waals surface area contributed by atoms with Crippen LogP contribution < -0.4 is 11.1 Å². The van der Waals surface area contributed by atoms with Gasteiger partial charge in [0.05, 0.1) is 5.56 Å². The van der Waals surface area contributed by atoms with Crippen LogP contribution in [0.2, 0.25) is 0 Å². The largest absolute Gasteiger partial charge is 0.383 e. The minimum absolute atomic E-state index is 0.197. The first kappa shape index (κ1) is 20.8. The number of pyridine rings is 3. The van der Waals surface area contributed by atoms with Crippen molar-refractivity contribution < 1.29 is 4.79 Å². The molecule has 0 saturated heterocycles. The normalized spacial score (nSPS) is 10.7. The van der Waals surface area contributed by atoms with E-state index in [0.29, 0.717) is 35.0 Å². The van der Waals surface area contributed by atoms with Crippen LogP contribution in [0.4, 0.5) is 5.82 Å². The summed E-state index contributed by atoms with van der Waals surface area (Å²) in [6.07, 6.45) is 4.80. The lowest BCUT2D eigenvalue weighted by Gasteiger charge is -2.11. The number of fused-ring (bicyclic) bond motifs is 1. The van der Waals surface area contributed by atoms with Crippen molar-refractivity contribution in [3.8, 4) is 23.1 Å². The molecule has 0 aliphatic carbocycles. The number of anilines is 1. The Kier molecular flexibility index (Phi) is 5.38. The van der Waals surface area contributed by atoms with Crippen molar-refractivity contribution >= 4 is 22.9 Å². The molecule has 5 aromatic rings. The lowest BCUT2D eigenvalue weighted by molar-refractivity contribution is 0.0950. The summed E-state index contributed by atoms with van der Waals surface area (Å²) in [5.74, 6) is 0.752. The van der Waals surface area contributed by atoms with Gasteiger partial charge in [0.15, 0.2) is 11.5 Å². The molecule has 9 nitrogen and oxygen atoms in total. The molecule has 4 aromatic heterocycles. The Labute approximate surface area is 194 Å². The number of imidazole rings is 1. The van der Waals surface area contributed by atoms with E-state index >= 15 is 0 Å². The number of nitrogen functional groups attached to an aromatic ring is 1. The van der Waals surface area contributed by atoms with Crippen molar-refractivity contribution in [3.05, 3.63) is 96.1 Å². The molecule has 164 valence electrons. The monoisotopic (exact) mass is 446 g/mol.